The van der Waals surface area contributed by atoms with Gasteiger partial charge in [-0.05, 0) is 49.6 Å². The van der Waals surface area contributed by atoms with Crippen LogP contribution >= 0.6 is 23.2 Å². The van der Waals surface area contributed by atoms with Crippen LogP contribution in [0.5, 0.6) is 11.5 Å². The normalized spacial score (nSPS) is 17.9. The lowest BCUT2D eigenvalue weighted by Gasteiger charge is -2.44. The van der Waals surface area contributed by atoms with E-state index in [-0.39, 0.29) is 69.0 Å². The Morgan fingerprint density at radius 3 is 2.67 bits per heavy atom. The van der Waals surface area contributed by atoms with Gasteiger partial charge in [0.2, 0.25) is 5.91 Å². The molecule has 2 aliphatic heterocycles. The van der Waals surface area contributed by atoms with Gasteiger partial charge in [-0.2, -0.15) is 4.98 Å². The van der Waals surface area contributed by atoms with E-state index in [1.807, 2.05) is 38.7 Å². The van der Waals surface area contributed by atoms with Gasteiger partial charge in [-0.3, -0.25) is 9.78 Å². The van der Waals surface area contributed by atoms with E-state index >= 15 is 0 Å². The molecule has 1 amide bonds. The quantitative estimate of drug-likeness (QED) is 0.307. The maximum Gasteiger partial charge on any atom is 0.355 e. The summed E-state index contributed by atoms with van der Waals surface area (Å²) in [5.41, 5.74) is 2.09. The number of aromatic hydroxyl groups is 1. The van der Waals surface area contributed by atoms with E-state index in [1.165, 1.54) is 16.7 Å². The van der Waals surface area contributed by atoms with Crippen LogP contribution in [0.25, 0.3) is 28.0 Å². The molecule has 0 saturated carbocycles. The Bertz CT molecular complexity index is 1850. The summed E-state index contributed by atoms with van der Waals surface area (Å²) >= 11 is 13.6. The molecular formula is C31H30Cl2N6O4. The fourth-order valence-electron chi connectivity index (χ4n) is 5.97. The van der Waals surface area contributed by atoms with Gasteiger partial charge in [0.05, 0.1) is 28.0 Å². The van der Waals surface area contributed by atoms with Gasteiger partial charge in [0, 0.05) is 25.3 Å². The maximum absolute atomic E-state index is 14.2. The second-order valence-corrected chi connectivity index (χ2v) is 12.0. The number of pyridine rings is 2. The number of piperazine rings is 1. The van der Waals surface area contributed by atoms with Crippen LogP contribution in [0, 0.1) is 6.92 Å². The minimum absolute atomic E-state index is 0.0250. The number of aromatic nitrogens is 4. The number of amides is 1. The van der Waals surface area contributed by atoms with Gasteiger partial charge in [0.15, 0.2) is 11.4 Å². The Balaban J connectivity index is 1.72. The second kappa shape index (κ2) is 10.8. The highest BCUT2D eigenvalue weighted by atomic mass is 35.5. The van der Waals surface area contributed by atoms with Crippen LogP contribution in [0.2, 0.25) is 10.0 Å². The van der Waals surface area contributed by atoms with Gasteiger partial charge in [-0.15, -0.1) is 0 Å². The number of halogens is 2. The summed E-state index contributed by atoms with van der Waals surface area (Å²) < 4.78 is 7.87. The van der Waals surface area contributed by atoms with Crippen LogP contribution in [-0.4, -0.2) is 67.2 Å². The van der Waals surface area contributed by atoms with Gasteiger partial charge >= 0.3 is 5.69 Å². The van der Waals surface area contributed by atoms with Crippen LogP contribution in [0.3, 0.4) is 0 Å². The summed E-state index contributed by atoms with van der Waals surface area (Å²) in [4.78, 5) is 44.7. The molecular weight excluding hydrogens is 591 g/mol. The molecule has 2 aliphatic rings. The van der Waals surface area contributed by atoms with Crippen molar-refractivity contribution in [3.8, 4) is 28.4 Å². The number of anilines is 1. The minimum Gasteiger partial charge on any atom is -0.507 e. The summed E-state index contributed by atoms with van der Waals surface area (Å²) in [6.45, 7) is 12.3. The number of carbonyl (C=O) groups excluding carboxylic acids is 1. The second-order valence-electron chi connectivity index (χ2n) is 11.2. The van der Waals surface area contributed by atoms with Crippen molar-refractivity contribution in [2.75, 3.05) is 24.6 Å². The zero-order valence-electron chi connectivity index (χ0n) is 24.1. The maximum atomic E-state index is 14.2. The molecule has 4 aromatic rings. The van der Waals surface area contributed by atoms with E-state index in [4.69, 9.17) is 32.9 Å². The summed E-state index contributed by atoms with van der Waals surface area (Å²) in [7, 11) is 0. The van der Waals surface area contributed by atoms with Crippen LogP contribution in [0.4, 0.5) is 5.82 Å². The SMILES string of the molecule is C=CC(=O)N1CC2COc3c(Cl)c(-c4c(O)cccc4Cl)nc4c3c(nc(=O)n4-c3c(C)ccnc3C(C)C)N2CC1C. The highest BCUT2D eigenvalue weighted by Gasteiger charge is 2.40. The topological polar surface area (TPSA) is 114 Å². The molecule has 1 saturated heterocycles. The van der Waals surface area contributed by atoms with Gasteiger partial charge in [0.1, 0.15) is 34.3 Å². The van der Waals surface area contributed by atoms with E-state index in [9.17, 15) is 14.7 Å². The van der Waals surface area contributed by atoms with E-state index in [0.717, 1.165) is 5.56 Å². The lowest BCUT2D eigenvalue weighted by molar-refractivity contribution is -0.129. The molecule has 1 N–H and O–H groups in total. The first kappa shape index (κ1) is 28.9. The number of ether oxygens (including phenoxy) is 1. The molecule has 0 spiro atoms. The van der Waals surface area contributed by atoms with E-state index in [0.29, 0.717) is 35.7 Å². The average Bonchev–Trinajstić information content (AvgIpc) is 3.12. The molecule has 12 heteroatoms. The lowest BCUT2D eigenvalue weighted by Crippen LogP contribution is -2.60. The third-order valence-electron chi connectivity index (χ3n) is 8.05. The van der Waals surface area contributed by atoms with E-state index in [2.05, 4.69) is 16.5 Å². The molecule has 1 fully saturated rings. The predicted octanol–water partition coefficient (Wildman–Crippen LogP) is 5.27. The average molecular weight is 622 g/mol. The molecule has 0 radical (unpaired) electrons. The lowest BCUT2D eigenvalue weighted by atomic mass is 10.0. The van der Waals surface area contributed by atoms with Crippen molar-refractivity contribution in [1.82, 2.24) is 24.4 Å². The Hall–Kier alpha value is -4.15. The van der Waals surface area contributed by atoms with Gasteiger partial charge in [-0.25, -0.2) is 14.3 Å². The molecule has 6 rings (SSSR count). The minimum atomic E-state index is -0.562. The number of carbonyl (C=O) groups is 1. The van der Waals surface area contributed by atoms with Crippen molar-refractivity contribution in [3.63, 3.8) is 0 Å². The van der Waals surface area contributed by atoms with Crippen LogP contribution in [0.1, 0.15) is 37.9 Å². The Morgan fingerprint density at radius 1 is 1.21 bits per heavy atom. The number of fused-ring (bicyclic) bond motifs is 2. The van der Waals surface area contributed by atoms with E-state index < -0.39 is 5.69 Å². The first-order chi connectivity index (χ1) is 20.5. The Morgan fingerprint density at radius 2 is 1.98 bits per heavy atom. The number of benzene rings is 1. The van der Waals surface area contributed by atoms with Crippen molar-refractivity contribution < 1.29 is 14.6 Å². The molecule has 10 nitrogen and oxygen atoms in total. The number of hydrogen-bond donors (Lipinski definition) is 1. The Labute approximate surface area is 258 Å². The van der Waals surface area contributed by atoms with Crippen molar-refractivity contribution in [2.45, 2.75) is 45.7 Å². The summed E-state index contributed by atoms with van der Waals surface area (Å²) in [5, 5.41) is 11.6. The number of nitrogens with zero attached hydrogens (tertiary/aromatic N) is 6. The van der Waals surface area contributed by atoms with Gasteiger partial charge < -0.3 is 19.6 Å². The largest absolute Gasteiger partial charge is 0.507 e. The highest BCUT2D eigenvalue weighted by molar-refractivity contribution is 6.38. The monoisotopic (exact) mass is 620 g/mol. The van der Waals surface area contributed by atoms with Crippen molar-refractivity contribution >= 4 is 46.0 Å². The smallest absolute Gasteiger partial charge is 0.355 e. The van der Waals surface area contributed by atoms with Crippen molar-refractivity contribution in [1.29, 1.82) is 0 Å². The van der Waals surface area contributed by atoms with Crippen molar-refractivity contribution in [3.05, 3.63) is 74.9 Å². The molecule has 0 bridgehead atoms. The third-order valence-corrected chi connectivity index (χ3v) is 8.71. The van der Waals surface area contributed by atoms with Gasteiger partial charge in [0.25, 0.3) is 0 Å². The number of rotatable bonds is 4. The summed E-state index contributed by atoms with van der Waals surface area (Å²) in [6.07, 6.45) is 3.00. The number of aryl methyl sites for hydroxylation is 1. The molecule has 2 unspecified atom stereocenters. The van der Waals surface area contributed by atoms with Crippen LogP contribution < -0.4 is 15.3 Å². The fourth-order valence-corrected chi connectivity index (χ4v) is 6.51. The van der Waals surface area contributed by atoms with Crippen LogP contribution in [0.15, 0.2) is 47.9 Å². The molecule has 3 aromatic heterocycles. The molecule has 0 aliphatic carbocycles. The zero-order valence-corrected chi connectivity index (χ0v) is 25.6. The molecule has 43 heavy (non-hydrogen) atoms. The molecule has 222 valence electrons. The molecule has 5 heterocycles. The van der Waals surface area contributed by atoms with Crippen LogP contribution in [-0.2, 0) is 4.79 Å². The number of hydrogen-bond acceptors (Lipinski definition) is 8. The highest BCUT2D eigenvalue weighted by Crippen LogP contribution is 2.48. The zero-order chi connectivity index (χ0) is 30.7. The summed E-state index contributed by atoms with van der Waals surface area (Å²) in [6, 6.07) is 6.02. The first-order valence-electron chi connectivity index (χ1n) is 14.0. The van der Waals surface area contributed by atoms with Gasteiger partial charge in [-0.1, -0.05) is 49.7 Å². The predicted molar refractivity (Wildman–Crippen MR) is 167 cm³/mol. The molecule has 2 atom stereocenters. The third kappa shape index (κ3) is 4.60. The van der Waals surface area contributed by atoms with E-state index in [1.54, 1.807) is 23.2 Å². The molecule has 1 aromatic carbocycles. The number of phenols is 1. The fraction of sp³-hybridized carbons (Fsp3) is 0.323. The summed E-state index contributed by atoms with van der Waals surface area (Å²) in [5.74, 6) is 0.280. The Kier molecular flexibility index (Phi) is 7.30. The standard InChI is InChI=1S/C31H30Cl2N6O4/c1-6-21(41)37-13-18-14-43-28-23-29(38(18)12-17(37)5)36-31(42)39(27-16(4)10-11-34-25(27)15(2)3)30(23)35-26(24(28)33)22-19(32)8-7-9-20(22)40/h6-11,15,17-18,40H,1,12-14H2,2-5H3. The number of phenolic OH excluding ortho intramolecular Hbond substituents is 1. The van der Waals surface area contributed by atoms with Crippen molar-refractivity contribution in [2.24, 2.45) is 0 Å². The first-order valence-corrected chi connectivity index (χ1v) is 14.7.